The minimum atomic E-state index is -0.510. The van der Waals surface area contributed by atoms with Crippen LogP contribution in [0.5, 0.6) is 5.75 Å². The largest absolute Gasteiger partial charge is 0.487 e. The molecule has 0 unspecified atom stereocenters. The number of aliphatic hydroxyl groups is 1. The molecule has 7 heteroatoms. The van der Waals surface area contributed by atoms with Gasteiger partial charge in [-0.05, 0) is 30.5 Å². The van der Waals surface area contributed by atoms with Crippen LogP contribution in [-0.2, 0) is 4.79 Å². The third kappa shape index (κ3) is 5.92. The number of nitro benzene ring substituents is 1. The predicted molar refractivity (Wildman–Crippen MR) is 82.6 cm³/mol. The van der Waals surface area contributed by atoms with Gasteiger partial charge in [-0.2, -0.15) is 0 Å². The normalized spacial score (nSPS) is 10.6. The van der Waals surface area contributed by atoms with Crippen molar-refractivity contribution in [1.82, 2.24) is 5.32 Å². The molecule has 7 nitrogen and oxygen atoms in total. The number of ether oxygens (including phenoxy) is 1. The summed E-state index contributed by atoms with van der Waals surface area (Å²) >= 11 is 0. The van der Waals surface area contributed by atoms with Crippen molar-refractivity contribution in [2.45, 2.75) is 19.8 Å². The molecule has 0 bridgehead atoms. The van der Waals surface area contributed by atoms with Crippen LogP contribution in [0.1, 0.15) is 25.3 Å². The number of aliphatic hydroxyl groups excluding tert-OH is 1. The van der Waals surface area contributed by atoms with Gasteiger partial charge < -0.3 is 15.2 Å². The van der Waals surface area contributed by atoms with Gasteiger partial charge >= 0.3 is 5.69 Å². The smallest absolute Gasteiger partial charge is 0.311 e. The van der Waals surface area contributed by atoms with Crippen molar-refractivity contribution >= 4 is 17.7 Å². The topological polar surface area (TPSA) is 102 Å². The molecule has 1 aromatic carbocycles. The first-order valence-electron chi connectivity index (χ1n) is 7.06. The van der Waals surface area contributed by atoms with E-state index in [9.17, 15) is 14.9 Å². The maximum Gasteiger partial charge on any atom is 0.311 e. The molecule has 1 aromatic rings. The highest BCUT2D eigenvalue weighted by molar-refractivity contribution is 5.91. The molecule has 0 saturated heterocycles. The van der Waals surface area contributed by atoms with Gasteiger partial charge in [-0.15, -0.1) is 0 Å². The van der Waals surface area contributed by atoms with Crippen molar-refractivity contribution < 1.29 is 19.6 Å². The minimum absolute atomic E-state index is 0.00934. The summed E-state index contributed by atoms with van der Waals surface area (Å²) in [5, 5.41) is 22.2. The highest BCUT2D eigenvalue weighted by atomic mass is 16.6. The van der Waals surface area contributed by atoms with E-state index < -0.39 is 4.92 Å². The van der Waals surface area contributed by atoms with Crippen molar-refractivity contribution in [1.29, 1.82) is 0 Å². The van der Waals surface area contributed by atoms with Crippen LogP contribution in [0.2, 0.25) is 0 Å². The first-order valence-corrected chi connectivity index (χ1v) is 7.06. The fourth-order valence-electron chi connectivity index (χ4n) is 1.64. The van der Waals surface area contributed by atoms with Gasteiger partial charge in [0.15, 0.2) is 5.75 Å². The highest BCUT2D eigenvalue weighted by Gasteiger charge is 2.15. The Morgan fingerprint density at radius 3 is 2.91 bits per heavy atom. The van der Waals surface area contributed by atoms with Gasteiger partial charge in [-0.1, -0.05) is 13.0 Å². The van der Waals surface area contributed by atoms with E-state index in [1.165, 1.54) is 24.3 Å². The van der Waals surface area contributed by atoms with Crippen molar-refractivity contribution in [2.75, 3.05) is 19.8 Å². The predicted octanol–water partition coefficient (Wildman–Crippen LogP) is 1.90. The maximum atomic E-state index is 11.5. The molecule has 0 spiro atoms. The number of nitrogens with one attached hydrogen (secondary N) is 1. The van der Waals surface area contributed by atoms with Gasteiger partial charge in [0.1, 0.15) is 0 Å². The average molecular weight is 308 g/mol. The first-order chi connectivity index (χ1) is 10.6. The molecular weight excluding hydrogens is 288 g/mol. The van der Waals surface area contributed by atoms with Crippen LogP contribution in [0.3, 0.4) is 0 Å². The van der Waals surface area contributed by atoms with Crippen molar-refractivity contribution in [3.8, 4) is 5.75 Å². The quantitative estimate of drug-likeness (QED) is 0.314. The van der Waals surface area contributed by atoms with E-state index in [-0.39, 0.29) is 24.0 Å². The highest BCUT2D eigenvalue weighted by Crippen LogP contribution is 2.28. The second-order valence-electron chi connectivity index (χ2n) is 4.53. The molecule has 0 aliphatic carbocycles. The summed E-state index contributed by atoms with van der Waals surface area (Å²) in [5.74, 6) is -0.0983. The lowest BCUT2D eigenvalue weighted by Gasteiger charge is -2.05. The standard InChI is InChI=1S/C15H20N2O5/c1-2-10-22-14-6-4-12(11-13(14)17(20)21)5-7-15(19)16-8-3-9-18/h4-7,11,18H,2-3,8-10H2,1H3,(H,16,19)/b7-5+. The SMILES string of the molecule is CCCOc1ccc(/C=C/C(=O)NCCCO)cc1[N+](=O)[O-]. The molecule has 0 aliphatic heterocycles. The van der Waals surface area contributed by atoms with Gasteiger partial charge in [0.05, 0.1) is 11.5 Å². The Kier molecular flexibility index (Phi) is 7.63. The molecule has 2 N–H and O–H groups in total. The van der Waals surface area contributed by atoms with E-state index in [1.807, 2.05) is 6.92 Å². The third-order valence-corrected chi connectivity index (χ3v) is 2.70. The number of amides is 1. The minimum Gasteiger partial charge on any atom is -0.487 e. The number of carbonyl (C=O) groups excluding carboxylic acids is 1. The molecule has 0 fully saturated rings. The molecule has 0 heterocycles. The first kappa shape index (κ1) is 17.6. The Hall–Kier alpha value is -2.41. The molecule has 22 heavy (non-hydrogen) atoms. The lowest BCUT2D eigenvalue weighted by molar-refractivity contribution is -0.385. The zero-order valence-electron chi connectivity index (χ0n) is 12.4. The Morgan fingerprint density at radius 2 is 2.27 bits per heavy atom. The van der Waals surface area contributed by atoms with Gasteiger partial charge in [-0.25, -0.2) is 0 Å². The van der Waals surface area contributed by atoms with Gasteiger partial charge in [0.25, 0.3) is 0 Å². The van der Waals surface area contributed by atoms with Crippen LogP contribution in [-0.4, -0.2) is 35.7 Å². The summed E-state index contributed by atoms with van der Waals surface area (Å²) in [6, 6.07) is 4.54. The van der Waals surface area contributed by atoms with Crippen LogP contribution in [0.4, 0.5) is 5.69 Å². The van der Waals surface area contributed by atoms with E-state index in [1.54, 1.807) is 6.07 Å². The van der Waals surface area contributed by atoms with Crippen molar-refractivity contribution in [3.63, 3.8) is 0 Å². The molecular formula is C15H20N2O5. The fraction of sp³-hybridized carbons (Fsp3) is 0.400. The van der Waals surface area contributed by atoms with Crippen LogP contribution >= 0.6 is 0 Å². The molecule has 120 valence electrons. The average Bonchev–Trinajstić information content (AvgIpc) is 2.51. The molecule has 0 aromatic heterocycles. The monoisotopic (exact) mass is 308 g/mol. The number of hydrogen-bond acceptors (Lipinski definition) is 5. The second-order valence-corrected chi connectivity index (χ2v) is 4.53. The Morgan fingerprint density at radius 1 is 1.50 bits per heavy atom. The third-order valence-electron chi connectivity index (χ3n) is 2.70. The summed E-state index contributed by atoms with van der Waals surface area (Å²) in [7, 11) is 0. The number of hydrogen-bond donors (Lipinski definition) is 2. The molecule has 0 radical (unpaired) electrons. The van der Waals surface area contributed by atoms with E-state index in [2.05, 4.69) is 5.32 Å². The lowest BCUT2D eigenvalue weighted by Crippen LogP contribution is -2.22. The Labute approximate surface area is 128 Å². The van der Waals surface area contributed by atoms with Gasteiger partial charge in [0.2, 0.25) is 5.91 Å². The van der Waals surface area contributed by atoms with E-state index in [0.29, 0.717) is 25.1 Å². The van der Waals surface area contributed by atoms with E-state index >= 15 is 0 Å². The van der Waals surface area contributed by atoms with Gasteiger partial charge in [-0.3, -0.25) is 14.9 Å². The summed E-state index contributed by atoms with van der Waals surface area (Å²) in [6.45, 7) is 2.71. The lowest BCUT2D eigenvalue weighted by atomic mass is 10.1. The molecule has 0 saturated carbocycles. The van der Waals surface area contributed by atoms with E-state index in [0.717, 1.165) is 6.42 Å². The van der Waals surface area contributed by atoms with Crippen LogP contribution in [0, 0.1) is 10.1 Å². The van der Waals surface area contributed by atoms with Crippen LogP contribution in [0.25, 0.3) is 6.08 Å². The zero-order chi connectivity index (χ0) is 16.4. The maximum absolute atomic E-state index is 11.5. The summed E-state index contributed by atoms with van der Waals surface area (Å²) < 4.78 is 5.32. The molecule has 1 rings (SSSR count). The summed E-state index contributed by atoms with van der Waals surface area (Å²) in [5.41, 5.74) is 0.407. The fourth-order valence-corrected chi connectivity index (χ4v) is 1.64. The zero-order valence-corrected chi connectivity index (χ0v) is 12.4. The van der Waals surface area contributed by atoms with Gasteiger partial charge in [0, 0.05) is 25.3 Å². The molecule has 0 atom stereocenters. The number of benzene rings is 1. The van der Waals surface area contributed by atoms with Crippen LogP contribution < -0.4 is 10.1 Å². The molecule has 0 aliphatic rings. The van der Waals surface area contributed by atoms with Crippen molar-refractivity contribution in [2.24, 2.45) is 0 Å². The number of nitro groups is 1. The number of rotatable bonds is 9. The van der Waals surface area contributed by atoms with Crippen molar-refractivity contribution in [3.05, 3.63) is 40.0 Å². The Balaban J connectivity index is 2.77. The molecule has 1 amide bonds. The Bertz CT molecular complexity index is 543. The number of nitrogens with zero attached hydrogens (tertiary/aromatic N) is 1. The summed E-state index contributed by atoms with van der Waals surface area (Å²) in [6.07, 6.45) is 4.02. The number of carbonyl (C=O) groups is 1. The van der Waals surface area contributed by atoms with Crippen LogP contribution in [0.15, 0.2) is 24.3 Å². The second kappa shape index (κ2) is 9.51. The summed E-state index contributed by atoms with van der Waals surface area (Å²) in [4.78, 5) is 22.0. The van der Waals surface area contributed by atoms with E-state index in [4.69, 9.17) is 9.84 Å².